The lowest BCUT2D eigenvalue weighted by molar-refractivity contribution is 0.0975. The molecule has 0 radical (unpaired) electrons. The van der Waals surface area contributed by atoms with Gasteiger partial charge in [0.05, 0.1) is 12.7 Å². The van der Waals surface area contributed by atoms with E-state index in [1.165, 1.54) is 4.90 Å². The second-order valence-electron chi connectivity index (χ2n) is 9.41. The molecule has 0 aliphatic carbocycles. The van der Waals surface area contributed by atoms with Crippen LogP contribution in [-0.4, -0.2) is 56.7 Å². The molecule has 0 aliphatic heterocycles. The van der Waals surface area contributed by atoms with Crippen molar-refractivity contribution in [2.45, 2.75) is 39.3 Å². The van der Waals surface area contributed by atoms with Crippen molar-refractivity contribution in [3.63, 3.8) is 0 Å². The second kappa shape index (κ2) is 12.0. The third-order valence-corrected chi connectivity index (χ3v) is 7.61. The highest BCUT2D eigenvalue weighted by Crippen LogP contribution is 2.30. The Balaban J connectivity index is 1.31. The van der Waals surface area contributed by atoms with Crippen LogP contribution < -0.4 is 4.90 Å². The number of hydrogen-bond donors (Lipinski definition) is 2. The van der Waals surface area contributed by atoms with Gasteiger partial charge in [0.1, 0.15) is 11.5 Å². The Bertz CT molecular complexity index is 1690. The number of carbonyl (C=O) groups excluding carboxylic acids is 1. The van der Waals surface area contributed by atoms with Crippen molar-refractivity contribution < 1.29 is 4.79 Å². The zero-order valence-electron chi connectivity index (χ0n) is 22.3. The molecule has 2 N–H and O–H groups in total. The normalized spacial score (nSPS) is 11.1. The third kappa shape index (κ3) is 5.65. The number of H-pyrrole nitrogens is 2. The number of imidazole rings is 1. The Morgan fingerprint density at radius 2 is 1.76 bits per heavy atom. The van der Waals surface area contributed by atoms with Gasteiger partial charge in [-0.2, -0.15) is 10.4 Å². The number of aromatic nitrogens is 10. The minimum atomic E-state index is -0.235. The van der Waals surface area contributed by atoms with Gasteiger partial charge in [0.25, 0.3) is 11.9 Å². The zero-order chi connectivity index (χ0) is 28.0. The molecular formula is C28H27N11OS. The van der Waals surface area contributed by atoms with Gasteiger partial charge in [-0.15, -0.1) is 26.6 Å². The van der Waals surface area contributed by atoms with E-state index in [1.807, 2.05) is 46.3 Å². The molecule has 0 saturated carbocycles. The molecule has 12 nitrogen and oxygen atoms in total. The van der Waals surface area contributed by atoms with E-state index in [2.05, 4.69) is 77.4 Å². The Kier molecular flexibility index (Phi) is 7.67. The Morgan fingerprint density at radius 1 is 0.951 bits per heavy atom. The minimum absolute atomic E-state index is 0.218. The molecule has 6 rings (SSSR count). The molecule has 0 unspecified atom stereocenters. The Hall–Kier alpha value is -5.04. The number of amides is 1. The molecule has 4 heterocycles. The maximum absolute atomic E-state index is 14.0. The molecule has 206 valence electrons. The highest BCUT2D eigenvalue weighted by atomic mass is 32.1. The number of rotatable bonds is 11. The van der Waals surface area contributed by atoms with Crippen molar-refractivity contribution in [1.29, 1.82) is 0 Å². The van der Waals surface area contributed by atoms with Crippen LogP contribution in [0.2, 0.25) is 0 Å². The van der Waals surface area contributed by atoms with Gasteiger partial charge in [0.2, 0.25) is 5.82 Å². The number of nitrogens with zero attached hydrogens (tertiary/aromatic N) is 9. The van der Waals surface area contributed by atoms with Crippen molar-refractivity contribution >= 4 is 23.2 Å². The van der Waals surface area contributed by atoms with Crippen LogP contribution in [0.15, 0.2) is 72.2 Å². The number of thiophene rings is 1. The number of hydrogen-bond acceptors (Lipinski definition) is 9. The molecule has 41 heavy (non-hydrogen) atoms. The molecular weight excluding hydrogens is 538 g/mol. The van der Waals surface area contributed by atoms with Gasteiger partial charge in [0, 0.05) is 23.4 Å². The number of aryl methyl sites for hydroxylation is 1. The van der Waals surface area contributed by atoms with Crippen LogP contribution in [0.3, 0.4) is 0 Å². The number of benzene rings is 2. The van der Waals surface area contributed by atoms with Crippen LogP contribution >= 0.6 is 11.3 Å². The molecule has 0 bridgehead atoms. The topological polar surface area (TPSA) is 147 Å². The fourth-order valence-corrected chi connectivity index (χ4v) is 5.37. The van der Waals surface area contributed by atoms with E-state index >= 15 is 0 Å². The first-order valence-corrected chi connectivity index (χ1v) is 14.1. The van der Waals surface area contributed by atoms with E-state index in [0.717, 1.165) is 52.2 Å². The maximum atomic E-state index is 14.0. The average Bonchev–Trinajstić information content (AvgIpc) is 3.84. The van der Waals surface area contributed by atoms with E-state index in [0.29, 0.717) is 24.6 Å². The van der Waals surface area contributed by atoms with Crippen molar-refractivity contribution in [3.8, 4) is 22.5 Å². The van der Waals surface area contributed by atoms with E-state index in [1.54, 1.807) is 17.5 Å². The first-order valence-electron chi connectivity index (χ1n) is 13.3. The molecule has 6 aromatic rings. The first-order chi connectivity index (χ1) is 20.2. The number of nitrogens with one attached hydrogen (secondary N) is 2. The van der Waals surface area contributed by atoms with E-state index in [-0.39, 0.29) is 11.9 Å². The number of unbranched alkanes of at least 4 members (excludes halogenated alkanes) is 1. The summed E-state index contributed by atoms with van der Waals surface area (Å²) in [5.74, 6) is 1.39. The summed E-state index contributed by atoms with van der Waals surface area (Å²) in [6, 6.07) is 20.2. The highest BCUT2D eigenvalue weighted by molar-refractivity contribution is 7.09. The molecule has 0 fully saturated rings. The van der Waals surface area contributed by atoms with Crippen LogP contribution in [0.4, 0.5) is 5.95 Å². The highest BCUT2D eigenvalue weighted by Gasteiger charge is 2.26. The second-order valence-corrected chi connectivity index (χ2v) is 10.4. The van der Waals surface area contributed by atoms with Crippen molar-refractivity contribution in [2.75, 3.05) is 4.90 Å². The van der Waals surface area contributed by atoms with Gasteiger partial charge in [-0.05, 0) is 45.0 Å². The Labute approximate surface area is 239 Å². The fraction of sp³-hybridized carbons (Fsp3) is 0.214. The minimum Gasteiger partial charge on any atom is -0.319 e. The number of carbonyl (C=O) groups is 1. The monoisotopic (exact) mass is 565 g/mol. The number of tetrazole rings is 2. The van der Waals surface area contributed by atoms with Crippen LogP contribution in [0.5, 0.6) is 0 Å². The lowest BCUT2D eigenvalue weighted by Gasteiger charge is -2.19. The van der Waals surface area contributed by atoms with Gasteiger partial charge in [-0.1, -0.05) is 73.0 Å². The van der Waals surface area contributed by atoms with Gasteiger partial charge in [-0.25, -0.2) is 4.98 Å². The summed E-state index contributed by atoms with van der Waals surface area (Å²) in [6.07, 6.45) is 4.43. The lowest BCUT2D eigenvalue weighted by atomic mass is 9.98. The average molecular weight is 566 g/mol. The van der Waals surface area contributed by atoms with Gasteiger partial charge in [-0.3, -0.25) is 9.69 Å². The predicted octanol–water partition coefficient (Wildman–Crippen LogP) is 4.54. The standard InChI is InChI=1S/C28H27N11OS/c1-2-3-10-25-29-16-24(27(40)39(28-32-36-37-33-28)18-21-7-6-15-41-21)38(25)17-19-11-13-20(14-12-19)22-8-4-5-9-23(22)26-30-34-35-31-26/h4-9,11-16H,2-3,10,17-18H2,1H3,(H,30,31,34,35)(H,32,33,36,37). The number of anilines is 1. The van der Waals surface area contributed by atoms with Crippen LogP contribution in [0, 0.1) is 0 Å². The molecule has 0 atom stereocenters. The van der Waals surface area contributed by atoms with E-state index in [4.69, 9.17) is 0 Å². The lowest BCUT2D eigenvalue weighted by Crippen LogP contribution is -2.33. The summed E-state index contributed by atoms with van der Waals surface area (Å²) in [5, 5.41) is 30.8. The van der Waals surface area contributed by atoms with Crippen molar-refractivity contribution in [1.82, 2.24) is 50.8 Å². The van der Waals surface area contributed by atoms with E-state index < -0.39 is 0 Å². The molecule has 0 aliphatic rings. The molecule has 13 heteroatoms. The van der Waals surface area contributed by atoms with Crippen LogP contribution in [0.1, 0.15) is 46.5 Å². The summed E-state index contributed by atoms with van der Waals surface area (Å²) in [6.45, 7) is 2.97. The molecule has 1 amide bonds. The maximum Gasteiger partial charge on any atom is 0.279 e. The summed E-state index contributed by atoms with van der Waals surface area (Å²) >= 11 is 1.57. The molecule has 2 aromatic carbocycles. The molecule has 0 spiro atoms. The number of aromatic amines is 2. The molecule has 4 aromatic heterocycles. The SMILES string of the molecule is CCCCc1ncc(C(=O)N(Cc2cccs2)c2nn[nH]n2)n1Cc1ccc(-c2ccccc2-c2nn[nH]n2)cc1. The zero-order valence-corrected chi connectivity index (χ0v) is 23.1. The quantitative estimate of drug-likeness (QED) is 0.233. The summed E-state index contributed by atoms with van der Waals surface area (Å²) in [5.41, 5.74) is 4.45. The van der Waals surface area contributed by atoms with Gasteiger partial charge >= 0.3 is 0 Å². The Morgan fingerprint density at radius 3 is 2.46 bits per heavy atom. The first kappa shape index (κ1) is 26.2. The van der Waals surface area contributed by atoms with Gasteiger partial charge < -0.3 is 4.57 Å². The van der Waals surface area contributed by atoms with Crippen LogP contribution in [0.25, 0.3) is 22.5 Å². The third-order valence-electron chi connectivity index (χ3n) is 6.75. The van der Waals surface area contributed by atoms with Crippen molar-refractivity contribution in [3.05, 3.63) is 94.2 Å². The summed E-state index contributed by atoms with van der Waals surface area (Å²) in [7, 11) is 0. The largest absolute Gasteiger partial charge is 0.319 e. The molecule has 0 saturated heterocycles. The fourth-order valence-electron chi connectivity index (χ4n) is 4.67. The summed E-state index contributed by atoms with van der Waals surface area (Å²) < 4.78 is 2.00. The van der Waals surface area contributed by atoms with Crippen molar-refractivity contribution in [2.24, 2.45) is 0 Å². The van der Waals surface area contributed by atoms with Gasteiger partial charge in [0.15, 0.2) is 0 Å². The van der Waals surface area contributed by atoms with Crippen LogP contribution in [-0.2, 0) is 19.5 Å². The predicted molar refractivity (Wildman–Crippen MR) is 154 cm³/mol. The van der Waals surface area contributed by atoms with E-state index in [9.17, 15) is 4.79 Å². The summed E-state index contributed by atoms with van der Waals surface area (Å²) in [4.78, 5) is 21.2. The smallest absolute Gasteiger partial charge is 0.279 e.